The highest BCUT2D eigenvalue weighted by Crippen LogP contribution is 2.27. The van der Waals surface area contributed by atoms with Gasteiger partial charge in [-0.15, -0.1) is 0 Å². The molecule has 2 N–H and O–H groups in total. The monoisotopic (exact) mass is 278 g/mol. The van der Waals surface area contributed by atoms with Gasteiger partial charge in [-0.2, -0.15) is 5.26 Å². The van der Waals surface area contributed by atoms with Gasteiger partial charge < -0.3 is 10.2 Å². The minimum absolute atomic E-state index is 0.218. The predicted molar refractivity (Wildman–Crippen MR) is 78.5 cm³/mol. The van der Waals surface area contributed by atoms with Crippen molar-refractivity contribution in [2.45, 2.75) is 0 Å². The average Bonchev–Trinajstić information content (AvgIpc) is 2.50. The molecule has 2 aromatic rings. The summed E-state index contributed by atoms with van der Waals surface area (Å²) in [6.07, 6.45) is 1.59. The molecule has 102 valence electrons. The molecule has 2 aromatic carbocycles. The molecule has 0 unspecified atom stereocenters. The Morgan fingerprint density at radius 3 is 2.43 bits per heavy atom. The summed E-state index contributed by atoms with van der Waals surface area (Å²) < 4.78 is 0. The van der Waals surface area contributed by atoms with E-state index >= 15 is 0 Å². The predicted octanol–water partition coefficient (Wildman–Crippen LogP) is 4.10. The van der Waals surface area contributed by atoms with Crippen molar-refractivity contribution in [1.82, 2.24) is 0 Å². The Kier molecular flexibility index (Phi) is 4.10. The van der Waals surface area contributed by atoms with Crippen LogP contribution in [0.15, 0.2) is 47.6 Å². The molecule has 2 rings (SSSR count). The number of phenols is 2. The first-order valence-electron chi connectivity index (χ1n) is 5.93. The summed E-state index contributed by atoms with van der Waals surface area (Å²) >= 11 is 0. The molecule has 0 bridgehead atoms. The topological polar surface area (TPSA) is 113 Å². The average molecular weight is 278 g/mol. The van der Waals surface area contributed by atoms with E-state index in [0.717, 1.165) is 0 Å². The molecule has 0 saturated heterocycles. The van der Waals surface area contributed by atoms with Gasteiger partial charge in [0.15, 0.2) is 11.5 Å². The minimum Gasteiger partial charge on any atom is -0.504 e. The van der Waals surface area contributed by atoms with Crippen molar-refractivity contribution in [2.75, 3.05) is 0 Å². The number of allylic oxidation sites excluding steroid dienone is 1. The van der Waals surface area contributed by atoms with Gasteiger partial charge >= 0.3 is 0 Å². The van der Waals surface area contributed by atoms with E-state index in [-0.39, 0.29) is 11.5 Å². The Balaban J connectivity index is 2.38. The second-order valence-electron chi connectivity index (χ2n) is 4.15. The van der Waals surface area contributed by atoms with Gasteiger partial charge in [0.05, 0.1) is 11.6 Å². The fourth-order valence-electron chi connectivity index (χ4n) is 1.74. The standard InChI is InChI=1S/C15H10N4O2/c16-9-12(7-10-1-6-14(20)15(21)8-10)11-2-4-13(5-3-11)18-19-17/h1-8,20-21H. The Bertz CT molecular complexity index is 782. The summed E-state index contributed by atoms with van der Waals surface area (Å²) in [5, 5.41) is 31.4. The van der Waals surface area contributed by atoms with Crippen molar-refractivity contribution in [3.8, 4) is 17.6 Å². The molecule has 6 nitrogen and oxygen atoms in total. The van der Waals surface area contributed by atoms with Crippen LogP contribution in [-0.2, 0) is 0 Å². The highest BCUT2D eigenvalue weighted by Gasteiger charge is 2.03. The number of azide groups is 1. The SMILES string of the molecule is N#CC(=Cc1ccc(O)c(O)c1)c1ccc(N=[N+]=[N-])cc1. The maximum absolute atomic E-state index is 9.44. The van der Waals surface area contributed by atoms with Crippen LogP contribution in [0, 0.1) is 11.3 Å². The van der Waals surface area contributed by atoms with Crippen molar-refractivity contribution in [3.63, 3.8) is 0 Å². The van der Waals surface area contributed by atoms with E-state index in [4.69, 9.17) is 5.53 Å². The van der Waals surface area contributed by atoms with Crippen LogP contribution in [0.4, 0.5) is 5.69 Å². The van der Waals surface area contributed by atoms with Crippen LogP contribution in [0.25, 0.3) is 22.1 Å². The molecular formula is C15H10N4O2. The quantitative estimate of drug-likeness (QED) is 0.220. The molecule has 0 aromatic heterocycles. The molecule has 0 heterocycles. The number of nitrogens with zero attached hydrogens (tertiary/aromatic N) is 4. The fraction of sp³-hybridized carbons (Fsp3) is 0. The number of hydrogen-bond acceptors (Lipinski definition) is 4. The van der Waals surface area contributed by atoms with Crippen LogP contribution < -0.4 is 0 Å². The highest BCUT2D eigenvalue weighted by atomic mass is 16.3. The Hall–Kier alpha value is -3.42. The zero-order chi connectivity index (χ0) is 15.2. The second kappa shape index (κ2) is 6.15. The van der Waals surface area contributed by atoms with Gasteiger partial charge in [-0.25, -0.2) is 0 Å². The second-order valence-corrected chi connectivity index (χ2v) is 4.15. The van der Waals surface area contributed by atoms with Crippen molar-refractivity contribution < 1.29 is 10.2 Å². The van der Waals surface area contributed by atoms with Gasteiger partial charge in [-0.05, 0) is 34.9 Å². The molecule has 21 heavy (non-hydrogen) atoms. The number of nitriles is 1. The smallest absolute Gasteiger partial charge is 0.157 e. The summed E-state index contributed by atoms with van der Waals surface area (Å²) in [5.41, 5.74) is 10.4. The molecule has 0 saturated carbocycles. The number of hydrogen-bond donors (Lipinski definition) is 2. The molecule has 0 atom stereocenters. The number of aromatic hydroxyl groups is 2. The van der Waals surface area contributed by atoms with Gasteiger partial charge in [-0.3, -0.25) is 0 Å². The van der Waals surface area contributed by atoms with E-state index in [1.807, 2.05) is 0 Å². The maximum atomic E-state index is 9.44. The summed E-state index contributed by atoms with van der Waals surface area (Å²) in [5.74, 6) is -0.468. The lowest BCUT2D eigenvalue weighted by molar-refractivity contribution is 0.403. The van der Waals surface area contributed by atoms with Gasteiger partial charge in [0, 0.05) is 10.6 Å². The molecule has 6 heteroatoms. The van der Waals surface area contributed by atoms with Gasteiger partial charge in [-0.1, -0.05) is 35.4 Å². The number of rotatable bonds is 3. The molecule has 0 amide bonds. The van der Waals surface area contributed by atoms with E-state index in [0.29, 0.717) is 22.4 Å². The van der Waals surface area contributed by atoms with Crippen LogP contribution in [0.2, 0.25) is 0 Å². The van der Waals surface area contributed by atoms with Crippen LogP contribution in [0.3, 0.4) is 0 Å². The third-order valence-electron chi connectivity index (χ3n) is 2.77. The zero-order valence-corrected chi connectivity index (χ0v) is 10.8. The molecule has 0 aliphatic rings. The largest absolute Gasteiger partial charge is 0.504 e. The van der Waals surface area contributed by atoms with E-state index in [2.05, 4.69) is 16.1 Å². The zero-order valence-electron chi connectivity index (χ0n) is 10.8. The number of benzene rings is 2. The van der Waals surface area contributed by atoms with Gasteiger partial charge in [0.25, 0.3) is 0 Å². The van der Waals surface area contributed by atoms with E-state index in [1.165, 1.54) is 12.1 Å². The van der Waals surface area contributed by atoms with Crippen molar-refractivity contribution in [2.24, 2.45) is 5.11 Å². The summed E-state index contributed by atoms with van der Waals surface area (Å²) in [4.78, 5) is 2.68. The number of phenolic OH excluding ortho intramolecular Hbond substituents is 2. The third kappa shape index (κ3) is 3.32. The van der Waals surface area contributed by atoms with E-state index < -0.39 is 0 Å². The molecule has 0 aliphatic carbocycles. The van der Waals surface area contributed by atoms with Crippen LogP contribution in [-0.4, -0.2) is 10.2 Å². The highest BCUT2D eigenvalue weighted by molar-refractivity contribution is 5.90. The minimum atomic E-state index is -0.250. The summed E-state index contributed by atoms with van der Waals surface area (Å²) in [6, 6.07) is 12.9. The van der Waals surface area contributed by atoms with Crippen LogP contribution >= 0.6 is 0 Å². The molecular weight excluding hydrogens is 268 g/mol. The maximum Gasteiger partial charge on any atom is 0.157 e. The molecule has 0 radical (unpaired) electrons. The molecule has 0 aliphatic heterocycles. The normalized spacial score (nSPS) is 10.5. The summed E-state index contributed by atoms with van der Waals surface area (Å²) in [7, 11) is 0. The van der Waals surface area contributed by atoms with Crippen LogP contribution in [0.1, 0.15) is 11.1 Å². The third-order valence-corrected chi connectivity index (χ3v) is 2.77. The Labute approximate surface area is 120 Å². The lowest BCUT2D eigenvalue weighted by Gasteiger charge is -2.02. The lowest BCUT2D eigenvalue weighted by Crippen LogP contribution is -1.82. The molecule has 0 fully saturated rings. The fourth-order valence-corrected chi connectivity index (χ4v) is 1.74. The van der Waals surface area contributed by atoms with E-state index in [9.17, 15) is 15.5 Å². The lowest BCUT2D eigenvalue weighted by atomic mass is 10.0. The first-order valence-corrected chi connectivity index (χ1v) is 5.93. The Morgan fingerprint density at radius 2 is 1.86 bits per heavy atom. The van der Waals surface area contributed by atoms with E-state index in [1.54, 1.807) is 36.4 Å². The van der Waals surface area contributed by atoms with Crippen molar-refractivity contribution in [3.05, 3.63) is 64.0 Å². The van der Waals surface area contributed by atoms with Gasteiger partial charge in [0.1, 0.15) is 0 Å². The van der Waals surface area contributed by atoms with Gasteiger partial charge in [0.2, 0.25) is 0 Å². The first kappa shape index (κ1) is 14.0. The van der Waals surface area contributed by atoms with Crippen LogP contribution in [0.5, 0.6) is 11.5 Å². The summed E-state index contributed by atoms with van der Waals surface area (Å²) in [6.45, 7) is 0. The first-order chi connectivity index (χ1) is 10.1. The Morgan fingerprint density at radius 1 is 1.14 bits per heavy atom. The molecule has 0 spiro atoms. The van der Waals surface area contributed by atoms with Crippen molar-refractivity contribution >= 4 is 17.3 Å². The van der Waals surface area contributed by atoms with Crippen molar-refractivity contribution in [1.29, 1.82) is 5.26 Å².